The molecule has 19 heavy (non-hydrogen) atoms. The summed E-state index contributed by atoms with van der Waals surface area (Å²) >= 11 is 0. The second-order valence-corrected chi connectivity index (χ2v) is 4.59. The molecule has 6 heteroatoms. The van der Waals surface area contributed by atoms with Crippen LogP contribution in [0.15, 0.2) is 16.5 Å². The zero-order valence-electron chi connectivity index (χ0n) is 10.7. The average molecular weight is 266 g/mol. The third-order valence-corrected chi connectivity index (χ3v) is 3.16. The van der Waals surface area contributed by atoms with E-state index >= 15 is 0 Å². The molecule has 2 rings (SSSR count). The lowest BCUT2D eigenvalue weighted by molar-refractivity contribution is -0.131. The van der Waals surface area contributed by atoms with Crippen molar-refractivity contribution < 1.29 is 19.1 Å². The van der Waals surface area contributed by atoms with Crippen LogP contribution in [0.25, 0.3) is 0 Å². The maximum absolute atomic E-state index is 11.9. The lowest BCUT2D eigenvalue weighted by atomic mass is 10.1. The van der Waals surface area contributed by atoms with Gasteiger partial charge in [-0.05, 0) is 25.3 Å². The minimum absolute atomic E-state index is 0.107. The van der Waals surface area contributed by atoms with Crippen molar-refractivity contribution in [1.29, 1.82) is 0 Å². The number of hydrogen-bond donors (Lipinski definition) is 2. The van der Waals surface area contributed by atoms with Crippen LogP contribution in [0.5, 0.6) is 0 Å². The predicted octanol–water partition coefficient (Wildman–Crippen LogP) is 1.79. The van der Waals surface area contributed by atoms with Crippen molar-refractivity contribution in [3.8, 4) is 0 Å². The molecule has 0 spiro atoms. The number of furan rings is 1. The fraction of sp³-hybridized carbons (Fsp3) is 0.538. The number of carboxylic acid groups (broad SMARTS) is 1. The zero-order chi connectivity index (χ0) is 13.7. The van der Waals surface area contributed by atoms with Crippen molar-refractivity contribution in [3.63, 3.8) is 0 Å². The minimum Gasteiger partial charge on any atom is -0.475 e. The summed E-state index contributed by atoms with van der Waals surface area (Å²) in [5.74, 6) is -0.691. The van der Waals surface area contributed by atoms with Crippen LogP contribution < -0.4 is 5.32 Å². The highest BCUT2D eigenvalue weighted by Gasteiger charge is 2.16. The Labute approximate surface area is 111 Å². The van der Waals surface area contributed by atoms with Crippen molar-refractivity contribution in [3.05, 3.63) is 17.9 Å². The number of amides is 1. The van der Waals surface area contributed by atoms with E-state index in [0.29, 0.717) is 18.8 Å². The summed E-state index contributed by atoms with van der Waals surface area (Å²) in [6, 6.07) is 2.94. The normalized spacial score (nSPS) is 15.3. The summed E-state index contributed by atoms with van der Waals surface area (Å²) in [5.41, 5.74) is 0. The van der Waals surface area contributed by atoms with E-state index in [9.17, 15) is 9.59 Å². The summed E-state index contributed by atoms with van der Waals surface area (Å²) in [5, 5.41) is 11.6. The Balaban J connectivity index is 1.73. The van der Waals surface area contributed by atoms with E-state index in [4.69, 9.17) is 9.52 Å². The number of hydrogen-bond acceptors (Lipinski definition) is 4. The SMILES string of the molecule is O=C(O)c1ccc(NCCC(=O)N2CCCCC2)o1. The predicted molar refractivity (Wildman–Crippen MR) is 69.2 cm³/mol. The smallest absolute Gasteiger partial charge is 0.371 e. The summed E-state index contributed by atoms with van der Waals surface area (Å²) in [4.78, 5) is 24.4. The Kier molecular flexibility index (Phi) is 4.43. The number of nitrogens with zero attached hydrogens (tertiary/aromatic N) is 1. The largest absolute Gasteiger partial charge is 0.475 e. The van der Waals surface area contributed by atoms with E-state index in [1.807, 2.05) is 4.90 Å². The van der Waals surface area contributed by atoms with Gasteiger partial charge in [-0.2, -0.15) is 0 Å². The van der Waals surface area contributed by atoms with Crippen molar-refractivity contribution in [2.24, 2.45) is 0 Å². The van der Waals surface area contributed by atoms with Gasteiger partial charge in [-0.1, -0.05) is 0 Å². The van der Waals surface area contributed by atoms with Gasteiger partial charge in [0, 0.05) is 32.1 Å². The van der Waals surface area contributed by atoms with Gasteiger partial charge in [0.25, 0.3) is 0 Å². The quantitative estimate of drug-likeness (QED) is 0.849. The van der Waals surface area contributed by atoms with Gasteiger partial charge in [-0.25, -0.2) is 4.79 Å². The van der Waals surface area contributed by atoms with E-state index in [-0.39, 0.29) is 11.7 Å². The van der Waals surface area contributed by atoms with Crippen LogP contribution in [0.1, 0.15) is 36.2 Å². The third kappa shape index (κ3) is 3.74. The van der Waals surface area contributed by atoms with Crippen LogP contribution in [0.4, 0.5) is 5.88 Å². The van der Waals surface area contributed by atoms with E-state index in [0.717, 1.165) is 25.9 Å². The van der Waals surface area contributed by atoms with E-state index in [1.165, 1.54) is 12.5 Å². The molecule has 2 N–H and O–H groups in total. The molecule has 6 nitrogen and oxygen atoms in total. The maximum atomic E-state index is 11.9. The number of carbonyl (C=O) groups excluding carboxylic acids is 1. The highest BCUT2D eigenvalue weighted by Crippen LogP contribution is 2.14. The maximum Gasteiger partial charge on any atom is 0.371 e. The third-order valence-electron chi connectivity index (χ3n) is 3.16. The van der Waals surface area contributed by atoms with Crippen LogP contribution in [-0.4, -0.2) is 41.5 Å². The lowest BCUT2D eigenvalue weighted by Crippen LogP contribution is -2.36. The topological polar surface area (TPSA) is 82.8 Å². The van der Waals surface area contributed by atoms with Gasteiger partial charge >= 0.3 is 5.97 Å². The van der Waals surface area contributed by atoms with Gasteiger partial charge in [0.1, 0.15) is 0 Å². The molecular formula is C13H18N2O4. The van der Waals surface area contributed by atoms with Crippen molar-refractivity contribution in [2.45, 2.75) is 25.7 Å². The Bertz CT molecular complexity index is 449. The molecule has 1 aliphatic rings. The van der Waals surface area contributed by atoms with Gasteiger partial charge in [0.15, 0.2) is 5.88 Å². The van der Waals surface area contributed by atoms with Crippen LogP contribution in [0, 0.1) is 0 Å². The molecule has 1 aliphatic heterocycles. The molecule has 1 saturated heterocycles. The molecule has 0 aromatic carbocycles. The summed E-state index contributed by atoms with van der Waals surface area (Å²) < 4.78 is 5.04. The first-order valence-corrected chi connectivity index (χ1v) is 6.51. The van der Waals surface area contributed by atoms with Crippen molar-refractivity contribution >= 4 is 17.8 Å². The highest BCUT2D eigenvalue weighted by molar-refractivity contribution is 5.84. The molecule has 1 aromatic heterocycles. The number of likely N-dealkylation sites (tertiary alicyclic amines) is 1. The molecule has 0 bridgehead atoms. The Morgan fingerprint density at radius 3 is 2.63 bits per heavy atom. The van der Waals surface area contributed by atoms with Gasteiger partial charge in [0.05, 0.1) is 0 Å². The minimum atomic E-state index is -1.10. The molecule has 2 heterocycles. The average Bonchev–Trinajstić information content (AvgIpc) is 2.89. The molecular weight excluding hydrogens is 248 g/mol. The number of carboxylic acids is 1. The number of carbonyl (C=O) groups is 2. The van der Waals surface area contributed by atoms with Crippen molar-refractivity contribution in [2.75, 3.05) is 25.0 Å². The summed E-state index contributed by atoms with van der Waals surface area (Å²) in [6.07, 6.45) is 3.76. The van der Waals surface area contributed by atoms with E-state index < -0.39 is 5.97 Å². The molecule has 0 saturated carbocycles. The van der Waals surface area contributed by atoms with Gasteiger partial charge in [-0.15, -0.1) is 0 Å². The number of anilines is 1. The molecule has 0 atom stereocenters. The second-order valence-electron chi connectivity index (χ2n) is 4.59. The highest BCUT2D eigenvalue weighted by atomic mass is 16.4. The second kappa shape index (κ2) is 6.26. The van der Waals surface area contributed by atoms with Crippen LogP contribution >= 0.6 is 0 Å². The zero-order valence-corrected chi connectivity index (χ0v) is 10.7. The van der Waals surface area contributed by atoms with E-state index in [1.54, 1.807) is 6.07 Å². The molecule has 1 aromatic rings. The molecule has 0 unspecified atom stereocenters. The summed E-state index contributed by atoms with van der Waals surface area (Å²) in [6.45, 7) is 2.15. The first kappa shape index (κ1) is 13.5. The fourth-order valence-corrected chi connectivity index (χ4v) is 2.14. The first-order valence-electron chi connectivity index (χ1n) is 6.51. The number of nitrogens with one attached hydrogen (secondary N) is 1. The Morgan fingerprint density at radius 2 is 2.00 bits per heavy atom. The molecule has 0 aliphatic carbocycles. The molecule has 0 radical (unpaired) electrons. The van der Waals surface area contributed by atoms with Gasteiger partial charge < -0.3 is 19.7 Å². The standard InChI is InChI=1S/C13H18N2O4/c16-12(15-8-2-1-3-9-15)6-7-14-11-5-4-10(19-11)13(17)18/h4-5,14H,1-3,6-9H2,(H,17,18). The first-order chi connectivity index (χ1) is 9.16. The molecule has 1 fully saturated rings. The van der Waals surface area contributed by atoms with Crippen LogP contribution in [0.3, 0.4) is 0 Å². The van der Waals surface area contributed by atoms with Gasteiger partial charge in [-0.3, -0.25) is 4.79 Å². The number of rotatable bonds is 5. The lowest BCUT2D eigenvalue weighted by Gasteiger charge is -2.26. The molecule has 1 amide bonds. The number of aromatic carboxylic acids is 1. The summed E-state index contributed by atoms with van der Waals surface area (Å²) in [7, 11) is 0. The monoisotopic (exact) mass is 266 g/mol. The van der Waals surface area contributed by atoms with Crippen molar-refractivity contribution in [1.82, 2.24) is 4.90 Å². The van der Waals surface area contributed by atoms with E-state index in [2.05, 4.69) is 5.32 Å². The fourth-order valence-electron chi connectivity index (χ4n) is 2.14. The van der Waals surface area contributed by atoms with Crippen LogP contribution in [0.2, 0.25) is 0 Å². The Hall–Kier alpha value is -1.98. The van der Waals surface area contributed by atoms with Crippen LogP contribution in [-0.2, 0) is 4.79 Å². The molecule has 104 valence electrons. The number of piperidine rings is 1. The Morgan fingerprint density at radius 1 is 1.26 bits per heavy atom. The van der Waals surface area contributed by atoms with Gasteiger partial charge in [0.2, 0.25) is 11.7 Å².